The number of benzene rings is 2. The number of carbonyl (C=O) groups is 2. The Balaban J connectivity index is 1.72. The number of rotatable bonds is 11. The first kappa shape index (κ1) is 28.9. The van der Waals surface area contributed by atoms with Crippen LogP contribution in [-0.2, 0) is 9.59 Å². The smallest absolute Gasteiger partial charge is 0.335 e. The fourth-order valence-corrected chi connectivity index (χ4v) is 9.02. The van der Waals surface area contributed by atoms with Crippen LogP contribution < -0.4 is 42.1 Å². The molecule has 0 aliphatic heterocycles. The molecule has 0 aliphatic rings. The van der Waals surface area contributed by atoms with Gasteiger partial charge >= 0.3 is 11.9 Å². The van der Waals surface area contributed by atoms with Crippen molar-refractivity contribution in [3.8, 4) is 22.6 Å². The lowest BCUT2D eigenvalue weighted by Crippen LogP contribution is -2.26. The minimum absolute atomic E-state index is 0.218. The van der Waals surface area contributed by atoms with Gasteiger partial charge in [0.1, 0.15) is 33.5 Å². The molecule has 0 N–H and O–H groups in total. The van der Waals surface area contributed by atoms with Gasteiger partial charge < -0.3 is 27.1 Å². The molecular weight excluding hydrogens is 598 g/mol. The van der Waals surface area contributed by atoms with Crippen LogP contribution in [-0.4, -0.2) is 11.9 Å². The molecule has 0 unspecified atom stereocenters. The highest BCUT2D eigenvalue weighted by Gasteiger charge is 2.34. The normalized spacial score (nSPS) is 11.0. The van der Waals surface area contributed by atoms with Crippen molar-refractivity contribution in [2.75, 3.05) is 0 Å². The zero-order valence-electron chi connectivity index (χ0n) is 23.1. The van der Waals surface area contributed by atoms with E-state index < -0.39 is 27.8 Å². The summed E-state index contributed by atoms with van der Waals surface area (Å²) in [6, 6.07) is 25.4. The minimum Gasteiger partial charge on any atom is -0.464 e. The number of furan rings is 4. The molecule has 0 amide bonds. The van der Waals surface area contributed by atoms with Gasteiger partial charge in [0, 0.05) is 33.9 Å². The summed E-state index contributed by atoms with van der Waals surface area (Å²) in [7, 11) is -2.94. The van der Waals surface area contributed by atoms with E-state index in [0.717, 1.165) is 22.8 Å². The Morgan fingerprint density at radius 1 is 0.523 bits per heavy atom. The maximum absolute atomic E-state index is 12.7. The summed E-state index contributed by atoms with van der Waals surface area (Å²) in [6.07, 6.45) is 8.53. The SMILES string of the molecule is C=CC(=O)Oc1cccc(P(c2ccco2)c2ccco2)c1-c1c(OC(=O)C=C)cccc1P(c1ccco1)c1ccco1. The maximum atomic E-state index is 12.7. The number of hydrogen-bond donors (Lipinski definition) is 0. The molecular formula is C34H24O8P2. The summed E-state index contributed by atoms with van der Waals surface area (Å²) in [5.41, 5.74) is 3.56. The number of esters is 2. The Hall–Kier alpha value is -5.16. The van der Waals surface area contributed by atoms with E-state index >= 15 is 0 Å². The van der Waals surface area contributed by atoms with Crippen molar-refractivity contribution in [2.45, 2.75) is 0 Å². The fraction of sp³-hybridized carbons (Fsp3) is 0. The van der Waals surface area contributed by atoms with Gasteiger partial charge in [-0.05, 0) is 60.7 Å². The highest BCUT2D eigenvalue weighted by atomic mass is 31.1. The standard InChI is InChI=1S/C34H24O8P2/c1-3-27(35)41-23-11-5-13-25(43(29-15-7-19-37-29)30-16-8-20-38-30)33(23)34-24(42-28(36)4-2)12-6-14-26(34)44(31-17-9-21-39-31)32-18-10-22-40-32/h3-22H,1-2H2. The quantitative estimate of drug-likeness (QED) is 0.0816. The molecule has 2 aromatic carbocycles. The molecule has 0 fully saturated rings. The van der Waals surface area contributed by atoms with Gasteiger partial charge in [-0.1, -0.05) is 37.4 Å². The highest BCUT2D eigenvalue weighted by Crippen LogP contribution is 2.47. The Kier molecular flexibility index (Phi) is 8.55. The molecule has 4 heterocycles. The molecule has 10 heteroatoms. The Morgan fingerprint density at radius 3 is 1.14 bits per heavy atom. The summed E-state index contributed by atoms with van der Waals surface area (Å²) >= 11 is 0. The molecule has 0 spiro atoms. The average Bonchev–Trinajstić information content (AvgIpc) is 3.88. The van der Waals surface area contributed by atoms with Crippen molar-refractivity contribution in [1.29, 1.82) is 0 Å². The van der Waals surface area contributed by atoms with Crippen molar-refractivity contribution in [1.82, 2.24) is 0 Å². The summed E-state index contributed by atoms with van der Waals surface area (Å²) in [5, 5.41) is 1.44. The Bertz CT molecular complexity index is 1680. The molecule has 8 nitrogen and oxygen atoms in total. The van der Waals surface area contributed by atoms with Gasteiger partial charge in [0.25, 0.3) is 0 Å². The average molecular weight is 623 g/mol. The zero-order chi connectivity index (χ0) is 30.5. The van der Waals surface area contributed by atoms with Gasteiger partial charge in [0.15, 0.2) is 0 Å². The predicted molar refractivity (Wildman–Crippen MR) is 170 cm³/mol. The van der Waals surface area contributed by atoms with E-state index in [-0.39, 0.29) is 11.5 Å². The lowest BCUT2D eigenvalue weighted by atomic mass is 10.0. The summed E-state index contributed by atoms with van der Waals surface area (Å²) in [6.45, 7) is 7.15. The third kappa shape index (κ3) is 5.73. The first-order valence-electron chi connectivity index (χ1n) is 13.3. The van der Waals surface area contributed by atoms with Gasteiger partial charge in [-0.25, -0.2) is 9.59 Å². The van der Waals surface area contributed by atoms with Gasteiger partial charge in [-0.3, -0.25) is 0 Å². The molecule has 44 heavy (non-hydrogen) atoms. The molecule has 0 bridgehead atoms. The molecule has 0 atom stereocenters. The topological polar surface area (TPSA) is 105 Å². The molecule has 0 saturated carbocycles. The monoisotopic (exact) mass is 622 g/mol. The lowest BCUT2D eigenvalue weighted by Gasteiger charge is -2.25. The van der Waals surface area contributed by atoms with Crippen LogP contribution in [0.3, 0.4) is 0 Å². The van der Waals surface area contributed by atoms with Crippen molar-refractivity contribution >= 4 is 60.4 Å². The van der Waals surface area contributed by atoms with Crippen LogP contribution in [0.25, 0.3) is 11.1 Å². The van der Waals surface area contributed by atoms with Gasteiger partial charge in [-0.2, -0.15) is 0 Å². The molecule has 4 aromatic heterocycles. The maximum Gasteiger partial charge on any atom is 0.335 e. The third-order valence-electron chi connectivity index (χ3n) is 6.40. The van der Waals surface area contributed by atoms with E-state index in [4.69, 9.17) is 27.1 Å². The van der Waals surface area contributed by atoms with E-state index in [1.54, 1.807) is 73.6 Å². The van der Waals surface area contributed by atoms with Crippen LogP contribution in [0.4, 0.5) is 0 Å². The predicted octanol–water partition coefficient (Wildman–Crippen LogP) is 5.42. The first-order valence-corrected chi connectivity index (χ1v) is 16.0. The number of carbonyl (C=O) groups excluding carboxylic acids is 2. The second kappa shape index (κ2) is 13.0. The zero-order valence-corrected chi connectivity index (χ0v) is 24.9. The van der Waals surface area contributed by atoms with Gasteiger partial charge in [0.2, 0.25) is 0 Å². The largest absolute Gasteiger partial charge is 0.464 e. The molecule has 0 radical (unpaired) electrons. The van der Waals surface area contributed by atoms with E-state index in [0.29, 0.717) is 33.1 Å². The summed E-state index contributed by atoms with van der Waals surface area (Å²) < 4.78 is 35.5. The Labute approximate surface area is 254 Å². The van der Waals surface area contributed by atoms with E-state index in [2.05, 4.69) is 13.2 Å². The molecule has 218 valence electrons. The fourth-order valence-electron chi connectivity index (χ4n) is 4.67. The second-order valence-corrected chi connectivity index (χ2v) is 13.1. The van der Waals surface area contributed by atoms with E-state index in [1.807, 2.05) is 36.4 Å². The Morgan fingerprint density at radius 2 is 0.864 bits per heavy atom. The van der Waals surface area contributed by atoms with Crippen LogP contribution in [0.1, 0.15) is 0 Å². The van der Waals surface area contributed by atoms with Crippen LogP contribution in [0.2, 0.25) is 0 Å². The van der Waals surface area contributed by atoms with Crippen LogP contribution in [0.5, 0.6) is 11.5 Å². The number of ether oxygens (including phenoxy) is 2. The van der Waals surface area contributed by atoms with E-state index in [9.17, 15) is 9.59 Å². The van der Waals surface area contributed by atoms with Crippen molar-refractivity contribution in [3.05, 3.63) is 135 Å². The summed E-state index contributed by atoms with van der Waals surface area (Å²) in [5.74, 6) is -0.888. The van der Waals surface area contributed by atoms with Crippen LogP contribution >= 0.6 is 15.8 Å². The molecule has 6 aromatic rings. The first-order chi connectivity index (χ1) is 21.6. The van der Waals surface area contributed by atoms with E-state index in [1.165, 1.54) is 0 Å². The third-order valence-corrected chi connectivity index (χ3v) is 10.9. The lowest BCUT2D eigenvalue weighted by molar-refractivity contribution is -0.129. The minimum atomic E-state index is -1.47. The second-order valence-electron chi connectivity index (χ2n) is 9.03. The highest BCUT2D eigenvalue weighted by molar-refractivity contribution is 7.80. The number of hydrogen-bond acceptors (Lipinski definition) is 8. The molecule has 0 aliphatic carbocycles. The van der Waals surface area contributed by atoms with Gasteiger partial charge in [-0.15, -0.1) is 0 Å². The molecule has 6 rings (SSSR count). The van der Waals surface area contributed by atoms with Crippen LogP contribution in [0.15, 0.2) is 153 Å². The van der Waals surface area contributed by atoms with Gasteiger partial charge in [0.05, 0.1) is 40.9 Å². The molecule has 0 saturated heterocycles. The van der Waals surface area contributed by atoms with Crippen molar-refractivity contribution in [3.63, 3.8) is 0 Å². The van der Waals surface area contributed by atoms with Crippen molar-refractivity contribution < 1.29 is 36.7 Å². The summed E-state index contributed by atoms with van der Waals surface area (Å²) in [4.78, 5) is 25.4. The van der Waals surface area contributed by atoms with Crippen LogP contribution in [0, 0.1) is 0 Å². The van der Waals surface area contributed by atoms with Crippen molar-refractivity contribution in [2.24, 2.45) is 0 Å².